The number of ether oxygens (including phenoxy) is 2. The molecule has 1 aromatic carbocycles. The molecule has 0 spiro atoms. The molecule has 1 aliphatic heterocycles. The van der Waals surface area contributed by atoms with Crippen molar-refractivity contribution < 1.29 is 27.4 Å². The summed E-state index contributed by atoms with van der Waals surface area (Å²) in [4.78, 5) is 10.7. The average molecular weight is 345 g/mol. The van der Waals surface area contributed by atoms with Gasteiger partial charge in [0.1, 0.15) is 12.4 Å². The number of hydrogen-bond donors (Lipinski definition) is 1. The van der Waals surface area contributed by atoms with Gasteiger partial charge in [-0.25, -0.2) is 0 Å². The Kier molecular flexibility index (Phi) is 6.90. The first-order chi connectivity index (χ1) is 11.4. The fourth-order valence-corrected chi connectivity index (χ4v) is 2.59. The summed E-state index contributed by atoms with van der Waals surface area (Å²) >= 11 is 0. The molecule has 1 unspecified atom stereocenters. The molecule has 24 heavy (non-hydrogen) atoms. The van der Waals surface area contributed by atoms with Crippen molar-refractivity contribution in [1.82, 2.24) is 5.32 Å². The van der Waals surface area contributed by atoms with E-state index in [2.05, 4.69) is 0 Å². The van der Waals surface area contributed by atoms with Crippen molar-refractivity contribution in [1.29, 1.82) is 0 Å². The van der Waals surface area contributed by atoms with Crippen molar-refractivity contribution in [2.24, 2.45) is 0 Å². The van der Waals surface area contributed by atoms with Crippen LogP contribution in [0.1, 0.15) is 31.2 Å². The van der Waals surface area contributed by atoms with Crippen LogP contribution in [0.15, 0.2) is 24.3 Å². The number of benzene rings is 1. The van der Waals surface area contributed by atoms with Gasteiger partial charge in [0, 0.05) is 6.61 Å². The van der Waals surface area contributed by atoms with Crippen LogP contribution in [0, 0.1) is 0 Å². The summed E-state index contributed by atoms with van der Waals surface area (Å²) in [5, 5.41) is 1.77. The van der Waals surface area contributed by atoms with E-state index in [4.69, 9.17) is 9.47 Å². The molecular formula is C17H22F3NO3. The lowest BCUT2D eigenvalue weighted by atomic mass is 10.0. The van der Waals surface area contributed by atoms with E-state index in [1.807, 2.05) is 18.2 Å². The van der Waals surface area contributed by atoms with Crippen LogP contribution in [-0.4, -0.2) is 37.9 Å². The SMILES string of the molecule is O=C(NCCOc1cccc(CCC2CCCCO2)c1)C(F)(F)F. The van der Waals surface area contributed by atoms with Crippen molar-refractivity contribution >= 4 is 5.91 Å². The Morgan fingerprint density at radius 1 is 1.33 bits per heavy atom. The minimum Gasteiger partial charge on any atom is -0.492 e. The van der Waals surface area contributed by atoms with E-state index in [1.165, 1.54) is 6.42 Å². The second-order valence-electron chi connectivity index (χ2n) is 5.78. The van der Waals surface area contributed by atoms with Gasteiger partial charge >= 0.3 is 12.1 Å². The maximum atomic E-state index is 12.0. The van der Waals surface area contributed by atoms with Crippen LogP contribution < -0.4 is 10.1 Å². The summed E-state index contributed by atoms with van der Waals surface area (Å²) in [6.07, 6.45) is 0.691. The van der Waals surface area contributed by atoms with E-state index >= 15 is 0 Å². The molecule has 2 rings (SSSR count). The third kappa shape index (κ3) is 6.39. The number of rotatable bonds is 7. The number of carbonyl (C=O) groups excluding carboxylic acids is 1. The van der Waals surface area contributed by atoms with E-state index in [0.29, 0.717) is 11.9 Å². The summed E-state index contributed by atoms with van der Waals surface area (Å²) < 4.78 is 47.2. The zero-order valence-electron chi connectivity index (χ0n) is 13.4. The molecule has 1 aliphatic rings. The zero-order valence-corrected chi connectivity index (χ0v) is 13.4. The molecule has 134 valence electrons. The van der Waals surface area contributed by atoms with E-state index in [9.17, 15) is 18.0 Å². The molecule has 4 nitrogen and oxygen atoms in total. The maximum absolute atomic E-state index is 12.0. The lowest BCUT2D eigenvalue weighted by Crippen LogP contribution is -2.38. The summed E-state index contributed by atoms with van der Waals surface area (Å²) in [7, 11) is 0. The van der Waals surface area contributed by atoms with Crippen LogP contribution in [0.2, 0.25) is 0 Å². The van der Waals surface area contributed by atoms with Crippen LogP contribution >= 0.6 is 0 Å². The number of halogens is 3. The molecule has 1 atom stereocenters. The molecule has 0 saturated carbocycles. The highest BCUT2D eigenvalue weighted by molar-refractivity contribution is 5.81. The van der Waals surface area contributed by atoms with Crippen molar-refractivity contribution in [2.75, 3.05) is 19.8 Å². The van der Waals surface area contributed by atoms with Gasteiger partial charge in [0.2, 0.25) is 0 Å². The highest BCUT2D eigenvalue weighted by atomic mass is 19.4. The Morgan fingerprint density at radius 2 is 2.17 bits per heavy atom. The Balaban J connectivity index is 1.71. The molecule has 0 aliphatic carbocycles. The molecule has 0 bridgehead atoms. The first-order valence-corrected chi connectivity index (χ1v) is 8.13. The normalized spacial score (nSPS) is 18.2. The van der Waals surface area contributed by atoms with Gasteiger partial charge in [-0.15, -0.1) is 0 Å². The number of alkyl halides is 3. The fraction of sp³-hybridized carbons (Fsp3) is 0.588. The molecule has 1 aromatic rings. The second kappa shape index (κ2) is 8.92. The molecule has 0 aromatic heterocycles. The third-order valence-electron chi connectivity index (χ3n) is 3.84. The highest BCUT2D eigenvalue weighted by Crippen LogP contribution is 2.20. The number of hydrogen-bond acceptors (Lipinski definition) is 3. The van der Waals surface area contributed by atoms with E-state index < -0.39 is 12.1 Å². The zero-order chi connectivity index (χ0) is 17.4. The second-order valence-corrected chi connectivity index (χ2v) is 5.78. The highest BCUT2D eigenvalue weighted by Gasteiger charge is 2.38. The van der Waals surface area contributed by atoms with Crippen LogP contribution in [0.5, 0.6) is 5.75 Å². The number of amides is 1. The van der Waals surface area contributed by atoms with Gasteiger partial charge in [-0.1, -0.05) is 12.1 Å². The molecule has 1 saturated heterocycles. The Bertz CT molecular complexity index is 528. The van der Waals surface area contributed by atoms with Gasteiger partial charge in [0.15, 0.2) is 0 Å². The Morgan fingerprint density at radius 3 is 2.88 bits per heavy atom. The van der Waals surface area contributed by atoms with E-state index in [-0.39, 0.29) is 13.2 Å². The summed E-state index contributed by atoms with van der Waals surface area (Å²) in [5.41, 5.74) is 1.10. The first kappa shape index (κ1) is 18.6. The smallest absolute Gasteiger partial charge is 0.471 e. The van der Waals surface area contributed by atoms with Crippen LogP contribution in [0.4, 0.5) is 13.2 Å². The van der Waals surface area contributed by atoms with Crippen LogP contribution in [0.25, 0.3) is 0 Å². The molecule has 7 heteroatoms. The average Bonchev–Trinajstić information content (AvgIpc) is 2.57. The standard InChI is InChI=1S/C17H22F3NO3/c18-17(19,20)16(22)21-9-11-24-15-6-3-4-13(12-15)7-8-14-5-1-2-10-23-14/h3-4,6,12,14H,1-2,5,7-11H2,(H,21,22). The van der Waals surface area contributed by atoms with Crippen molar-refractivity contribution in [2.45, 2.75) is 44.4 Å². The van der Waals surface area contributed by atoms with Crippen molar-refractivity contribution in [3.63, 3.8) is 0 Å². The largest absolute Gasteiger partial charge is 0.492 e. The topological polar surface area (TPSA) is 47.6 Å². The minimum atomic E-state index is -4.86. The lowest BCUT2D eigenvalue weighted by Gasteiger charge is -2.22. The van der Waals surface area contributed by atoms with E-state index in [0.717, 1.165) is 37.9 Å². The summed E-state index contributed by atoms with van der Waals surface area (Å²) in [6, 6.07) is 7.45. The van der Waals surface area contributed by atoms with Gasteiger partial charge in [-0.3, -0.25) is 4.79 Å². The first-order valence-electron chi connectivity index (χ1n) is 8.13. The Labute approximate surface area is 139 Å². The molecule has 0 radical (unpaired) electrons. The summed E-state index contributed by atoms with van der Waals surface area (Å²) in [6.45, 7) is 0.618. The number of carbonyl (C=O) groups is 1. The van der Waals surface area contributed by atoms with Gasteiger partial charge in [0.05, 0.1) is 12.6 Å². The predicted octanol–water partition coefficient (Wildman–Crippen LogP) is 3.25. The monoisotopic (exact) mass is 345 g/mol. The number of aryl methyl sites for hydroxylation is 1. The van der Waals surface area contributed by atoms with Gasteiger partial charge in [0.25, 0.3) is 0 Å². The van der Waals surface area contributed by atoms with E-state index in [1.54, 1.807) is 11.4 Å². The molecular weight excluding hydrogens is 323 g/mol. The maximum Gasteiger partial charge on any atom is 0.471 e. The van der Waals surface area contributed by atoms with Gasteiger partial charge in [-0.05, 0) is 49.8 Å². The quantitative estimate of drug-likeness (QED) is 0.772. The minimum absolute atomic E-state index is 0.0169. The third-order valence-corrected chi connectivity index (χ3v) is 3.84. The lowest BCUT2D eigenvalue weighted by molar-refractivity contribution is -0.173. The van der Waals surface area contributed by atoms with Crippen molar-refractivity contribution in [3.8, 4) is 5.75 Å². The molecule has 1 fully saturated rings. The molecule has 1 amide bonds. The van der Waals surface area contributed by atoms with Crippen LogP contribution in [0.3, 0.4) is 0 Å². The van der Waals surface area contributed by atoms with Crippen LogP contribution in [-0.2, 0) is 16.0 Å². The molecule has 1 heterocycles. The summed E-state index contributed by atoms with van der Waals surface area (Å²) in [5.74, 6) is -1.37. The number of nitrogens with one attached hydrogen (secondary N) is 1. The van der Waals surface area contributed by atoms with Crippen molar-refractivity contribution in [3.05, 3.63) is 29.8 Å². The predicted molar refractivity (Wildman–Crippen MR) is 82.9 cm³/mol. The molecule has 1 N–H and O–H groups in total. The Hall–Kier alpha value is -1.76. The van der Waals surface area contributed by atoms with Gasteiger partial charge in [-0.2, -0.15) is 13.2 Å². The van der Waals surface area contributed by atoms with Gasteiger partial charge < -0.3 is 14.8 Å². The fourth-order valence-electron chi connectivity index (χ4n) is 2.59.